The molecule has 0 heterocycles. The summed E-state index contributed by atoms with van der Waals surface area (Å²) in [5.41, 5.74) is 1.94. The van der Waals surface area contributed by atoms with E-state index >= 15 is 0 Å². The number of rotatable bonds is 7. The van der Waals surface area contributed by atoms with Crippen molar-refractivity contribution in [3.8, 4) is 5.75 Å². The van der Waals surface area contributed by atoms with Gasteiger partial charge >= 0.3 is 5.97 Å². The molecule has 0 fully saturated rings. The van der Waals surface area contributed by atoms with E-state index in [4.69, 9.17) is 9.47 Å². The van der Waals surface area contributed by atoms with Gasteiger partial charge in [0, 0.05) is 6.54 Å². The molecule has 2 N–H and O–H groups in total. The summed E-state index contributed by atoms with van der Waals surface area (Å²) < 4.78 is 10.6. The van der Waals surface area contributed by atoms with Crippen LogP contribution >= 0.6 is 0 Å². The molecule has 2 rings (SSSR count). The number of hydrogen-bond donors (Lipinski definition) is 2. The molecule has 0 spiro atoms. The average molecular weight is 315 g/mol. The summed E-state index contributed by atoms with van der Waals surface area (Å²) in [6.07, 6.45) is -0.702. The van der Waals surface area contributed by atoms with Crippen LogP contribution in [0.4, 0.5) is 0 Å². The first-order valence-electron chi connectivity index (χ1n) is 7.37. The third kappa shape index (κ3) is 4.55. The van der Waals surface area contributed by atoms with Crippen LogP contribution in [0.1, 0.15) is 27.6 Å². The normalized spacial score (nSPS) is 11.8. The molecule has 2 aromatic rings. The van der Waals surface area contributed by atoms with Gasteiger partial charge in [0.15, 0.2) is 0 Å². The maximum Gasteiger partial charge on any atom is 0.341 e. The Balaban J connectivity index is 2.22. The number of aliphatic hydroxyl groups excluding tert-OH is 1. The first kappa shape index (κ1) is 17.0. The molecule has 0 radical (unpaired) electrons. The van der Waals surface area contributed by atoms with Gasteiger partial charge in [-0.05, 0) is 30.3 Å². The fourth-order valence-corrected chi connectivity index (χ4v) is 2.20. The number of ether oxygens (including phenoxy) is 2. The highest BCUT2D eigenvalue weighted by molar-refractivity contribution is 5.92. The van der Waals surface area contributed by atoms with Crippen LogP contribution in [-0.2, 0) is 11.3 Å². The summed E-state index contributed by atoms with van der Waals surface area (Å²) >= 11 is 0. The lowest BCUT2D eigenvalue weighted by Gasteiger charge is -2.15. The van der Waals surface area contributed by atoms with Crippen LogP contribution in [0.3, 0.4) is 0 Å². The Morgan fingerprint density at radius 2 is 1.96 bits per heavy atom. The lowest BCUT2D eigenvalue weighted by molar-refractivity contribution is 0.0595. The van der Waals surface area contributed by atoms with Crippen molar-refractivity contribution in [1.82, 2.24) is 5.32 Å². The second kappa shape index (κ2) is 8.31. The quantitative estimate of drug-likeness (QED) is 0.768. The van der Waals surface area contributed by atoms with Crippen LogP contribution in [0, 0.1) is 0 Å². The van der Waals surface area contributed by atoms with Crippen LogP contribution in [0.5, 0.6) is 5.75 Å². The van der Waals surface area contributed by atoms with Crippen molar-refractivity contribution in [1.29, 1.82) is 0 Å². The molecule has 2 aromatic carbocycles. The van der Waals surface area contributed by atoms with Crippen LogP contribution in [0.25, 0.3) is 0 Å². The van der Waals surface area contributed by atoms with Gasteiger partial charge in [0.2, 0.25) is 0 Å². The zero-order valence-corrected chi connectivity index (χ0v) is 13.3. The number of methoxy groups -OCH3 is 1. The van der Waals surface area contributed by atoms with Crippen molar-refractivity contribution in [3.63, 3.8) is 0 Å². The molecule has 5 nitrogen and oxygen atoms in total. The third-order valence-corrected chi connectivity index (χ3v) is 3.43. The molecule has 122 valence electrons. The van der Waals surface area contributed by atoms with Crippen molar-refractivity contribution in [3.05, 3.63) is 65.2 Å². The van der Waals surface area contributed by atoms with Gasteiger partial charge in [-0.25, -0.2) is 4.79 Å². The molecular formula is C18H21NO4. The summed E-state index contributed by atoms with van der Waals surface area (Å²) in [7, 11) is 3.07. The predicted octanol–water partition coefficient (Wildman–Crippen LogP) is 2.31. The second-order valence-corrected chi connectivity index (χ2v) is 5.09. The monoisotopic (exact) mass is 315 g/mol. The first-order chi connectivity index (χ1) is 11.2. The predicted molar refractivity (Wildman–Crippen MR) is 87.4 cm³/mol. The number of hydrogen-bond acceptors (Lipinski definition) is 5. The van der Waals surface area contributed by atoms with E-state index < -0.39 is 12.1 Å². The lowest BCUT2D eigenvalue weighted by atomic mass is 10.0. The van der Waals surface area contributed by atoms with Crippen LogP contribution < -0.4 is 10.1 Å². The molecule has 1 atom stereocenters. The summed E-state index contributed by atoms with van der Waals surface area (Å²) in [5.74, 6) is -0.0623. The van der Waals surface area contributed by atoms with Crippen molar-refractivity contribution in [2.24, 2.45) is 0 Å². The third-order valence-electron chi connectivity index (χ3n) is 3.43. The Labute approximate surface area is 135 Å². The van der Waals surface area contributed by atoms with Crippen molar-refractivity contribution < 1.29 is 19.4 Å². The fraction of sp³-hybridized carbons (Fsp3) is 0.278. The highest BCUT2D eigenvalue weighted by Crippen LogP contribution is 2.25. The van der Waals surface area contributed by atoms with Gasteiger partial charge in [0.25, 0.3) is 0 Å². The largest absolute Gasteiger partial charge is 0.488 e. The van der Waals surface area contributed by atoms with Gasteiger partial charge < -0.3 is 19.9 Å². The number of esters is 1. The van der Waals surface area contributed by atoms with Gasteiger partial charge in [-0.1, -0.05) is 36.4 Å². The Morgan fingerprint density at radius 3 is 2.61 bits per heavy atom. The Bertz CT molecular complexity index is 643. The van der Waals surface area contributed by atoms with E-state index in [1.807, 2.05) is 30.3 Å². The summed E-state index contributed by atoms with van der Waals surface area (Å²) in [6, 6.07) is 14.7. The molecule has 0 bridgehead atoms. The Morgan fingerprint density at radius 1 is 1.22 bits per heavy atom. The highest BCUT2D eigenvalue weighted by atomic mass is 16.5. The van der Waals surface area contributed by atoms with Gasteiger partial charge in [0.05, 0.1) is 13.2 Å². The zero-order chi connectivity index (χ0) is 16.7. The number of carbonyl (C=O) groups is 1. The zero-order valence-electron chi connectivity index (χ0n) is 13.3. The van der Waals surface area contributed by atoms with E-state index in [-0.39, 0.29) is 0 Å². The molecular weight excluding hydrogens is 294 g/mol. The summed E-state index contributed by atoms with van der Waals surface area (Å²) in [6.45, 7) is 0.744. The minimum absolute atomic E-state index is 0.302. The van der Waals surface area contributed by atoms with E-state index in [1.165, 1.54) is 7.11 Å². The molecule has 0 aliphatic heterocycles. The highest BCUT2D eigenvalue weighted by Gasteiger charge is 2.17. The number of benzene rings is 2. The van der Waals surface area contributed by atoms with Gasteiger partial charge in [-0.3, -0.25) is 0 Å². The SMILES string of the molecule is CNCC(O)c1ccc(OCc2ccccc2)c(C(=O)OC)c1. The molecule has 0 saturated carbocycles. The smallest absolute Gasteiger partial charge is 0.341 e. The van der Waals surface area contributed by atoms with Crippen LogP contribution in [0.2, 0.25) is 0 Å². The lowest BCUT2D eigenvalue weighted by Crippen LogP contribution is -2.17. The second-order valence-electron chi connectivity index (χ2n) is 5.09. The number of aliphatic hydroxyl groups is 1. The molecule has 23 heavy (non-hydrogen) atoms. The maximum absolute atomic E-state index is 12.0. The molecule has 0 amide bonds. The maximum atomic E-state index is 12.0. The molecule has 0 aliphatic carbocycles. The van der Waals surface area contributed by atoms with E-state index in [1.54, 1.807) is 25.2 Å². The van der Waals surface area contributed by atoms with Gasteiger partial charge in [-0.2, -0.15) is 0 Å². The number of carbonyl (C=O) groups excluding carboxylic acids is 1. The van der Waals surface area contributed by atoms with Crippen molar-refractivity contribution >= 4 is 5.97 Å². The molecule has 5 heteroatoms. The Kier molecular flexibility index (Phi) is 6.14. The molecule has 0 saturated heterocycles. The van der Waals surface area contributed by atoms with E-state index in [2.05, 4.69) is 5.32 Å². The minimum Gasteiger partial charge on any atom is -0.488 e. The molecule has 0 aromatic heterocycles. The molecule has 0 aliphatic rings. The topological polar surface area (TPSA) is 67.8 Å². The van der Waals surface area contributed by atoms with Crippen LogP contribution in [0.15, 0.2) is 48.5 Å². The van der Waals surface area contributed by atoms with Gasteiger partial charge in [-0.15, -0.1) is 0 Å². The number of likely N-dealkylation sites (N-methyl/N-ethyl adjacent to an activating group) is 1. The van der Waals surface area contributed by atoms with E-state index in [0.29, 0.717) is 30.0 Å². The standard InChI is InChI=1S/C18H21NO4/c1-19-11-16(20)14-8-9-17(15(10-14)18(21)22-2)23-12-13-6-4-3-5-7-13/h3-10,16,19-20H,11-12H2,1-2H3. The van der Waals surface area contributed by atoms with E-state index in [9.17, 15) is 9.90 Å². The molecule has 1 unspecified atom stereocenters. The first-order valence-corrected chi connectivity index (χ1v) is 7.37. The van der Waals surface area contributed by atoms with E-state index in [0.717, 1.165) is 5.56 Å². The Hall–Kier alpha value is -2.37. The van der Waals surface area contributed by atoms with Gasteiger partial charge in [0.1, 0.15) is 17.9 Å². The summed E-state index contributed by atoms with van der Waals surface area (Å²) in [4.78, 5) is 12.0. The van der Waals surface area contributed by atoms with Crippen molar-refractivity contribution in [2.45, 2.75) is 12.7 Å². The van der Waals surface area contributed by atoms with Crippen LogP contribution in [-0.4, -0.2) is 31.8 Å². The summed E-state index contributed by atoms with van der Waals surface area (Å²) in [5, 5.41) is 12.9. The number of nitrogens with one attached hydrogen (secondary N) is 1. The minimum atomic E-state index is -0.702. The average Bonchev–Trinajstić information content (AvgIpc) is 2.60. The fourth-order valence-electron chi connectivity index (χ4n) is 2.20. The van der Waals surface area contributed by atoms with Crippen molar-refractivity contribution in [2.75, 3.05) is 20.7 Å².